The lowest BCUT2D eigenvalue weighted by molar-refractivity contribution is -0.144. The van der Waals surface area contributed by atoms with Crippen LogP contribution in [0.4, 0.5) is 5.95 Å². The Bertz CT molecular complexity index is 705. The van der Waals surface area contributed by atoms with E-state index in [1.165, 1.54) is 0 Å². The summed E-state index contributed by atoms with van der Waals surface area (Å²) in [5.41, 5.74) is 1.90. The van der Waals surface area contributed by atoms with Gasteiger partial charge in [-0.3, -0.25) is 4.79 Å². The first-order chi connectivity index (χ1) is 11.0. The van der Waals surface area contributed by atoms with Crippen LogP contribution in [0.15, 0.2) is 41.0 Å². The summed E-state index contributed by atoms with van der Waals surface area (Å²) in [6, 6.07) is 9.88. The number of hydrogen-bond acceptors (Lipinski definition) is 4. The van der Waals surface area contributed by atoms with Crippen molar-refractivity contribution in [1.29, 1.82) is 0 Å². The summed E-state index contributed by atoms with van der Waals surface area (Å²) in [5, 5.41) is 9.23. The average molecular weight is 376 g/mol. The molecule has 0 bridgehead atoms. The number of halogens is 1. The molecule has 0 amide bonds. The number of rotatable bonds is 3. The molecule has 3 rings (SSSR count). The first-order valence-electron chi connectivity index (χ1n) is 7.61. The predicted octanol–water partition coefficient (Wildman–Crippen LogP) is 3.45. The monoisotopic (exact) mass is 375 g/mol. The summed E-state index contributed by atoms with van der Waals surface area (Å²) in [4.78, 5) is 22.3. The lowest BCUT2D eigenvalue weighted by Crippen LogP contribution is -2.42. The second-order valence-electron chi connectivity index (χ2n) is 5.91. The SMILES string of the molecule is CC1CN(c2nccc(-c3ccc(Br)cc3)n2)CCC1C(=O)O. The molecule has 1 aliphatic rings. The number of nitrogens with zero attached hydrogens (tertiary/aromatic N) is 3. The third kappa shape index (κ3) is 3.52. The summed E-state index contributed by atoms with van der Waals surface area (Å²) < 4.78 is 1.03. The molecular formula is C17H18BrN3O2. The van der Waals surface area contributed by atoms with Gasteiger partial charge in [-0.1, -0.05) is 35.0 Å². The van der Waals surface area contributed by atoms with E-state index in [1.54, 1.807) is 6.20 Å². The minimum atomic E-state index is -0.707. The Labute approximate surface area is 143 Å². The molecule has 2 atom stereocenters. The van der Waals surface area contributed by atoms with Gasteiger partial charge in [0.2, 0.25) is 5.95 Å². The number of piperidine rings is 1. The predicted molar refractivity (Wildman–Crippen MR) is 92.3 cm³/mol. The van der Waals surface area contributed by atoms with Crippen LogP contribution < -0.4 is 4.90 Å². The quantitative estimate of drug-likeness (QED) is 0.889. The highest BCUT2D eigenvalue weighted by atomic mass is 79.9. The maximum atomic E-state index is 11.2. The second kappa shape index (κ2) is 6.66. The van der Waals surface area contributed by atoms with E-state index in [9.17, 15) is 9.90 Å². The van der Waals surface area contributed by atoms with Gasteiger partial charge in [0.05, 0.1) is 11.6 Å². The molecule has 1 aliphatic heterocycles. The van der Waals surface area contributed by atoms with Crippen LogP contribution in [0.5, 0.6) is 0 Å². The molecule has 0 radical (unpaired) electrons. The fourth-order valence-corrected chi connectivity index (χ4v) is 3.24. The van der Waals surface area contributed by atoms with Gasteiger partial charge in [0.25, 0.3) is 0 Å². The van der Waals surface area contributed by atoms with Crippen LogP contribution in [-0.4, -0.2) is 34.1 Å². The van der Waals surface area contributed by atoms with Crippen molar-refractivity contribution in [2.45, 2.75) is 13.3 Å². The summed E-state index contributed by atoms with van der Waals surface area (Å²) in [6.07, 6.45) is 2.38. The van der Waals surface area contributed by atoms with Gasteiger partial charge in [-0.05, 0) is 30.5 Å². The van der Waals surface area contributed by atoms with Crippen molar-refractivity contribution in [3.63, 3.8) is 0 Å². The third-order valence-electron chi connectivity index (χ3n) is 4.29. The molecule has 1 fully saturated rings. The Balaban J connectivity index is 1.80. The van der Waals surface area contributed by atoms with Crippen LogP contribution in [0.3, 0.4) is 0 Å². The molecule has 2 heterocycles. The second-order valence-corrected chi connectivity index (χ2v) is 6.82. The van der Waals surface area contributed by atoms with Crippen molar-refractivity contribution in [3.05, 3.63) is 41.0 Å². The van der Waals surface area contributed by atoms with Gasteiger partial charge in [-0.15, -0.1) is 0 Å². The Morgan fingerprint density at radius 1 is 1.30 bits per heavy atom. The molecule has 23 heavy (non-hydrogen) atoms. The maximum Gasteiger partial charge on any atom is 0.306 e. The highest BCUT2D eigenvalue weighted by Gasteiger charge is 2.32. The van der Waals surface area contributed by atoms with Gasteiger partial charge in [-0.2, -0.15) is 0 Å². The molecule has 120 valence electrons. The fraction of sp³-hybridized carbons (Fsp3) is 0.353. The van der Waals surface area contributed by atoms with E-state index in [0.717, 1.165) is 15.7 Å². The van der Waals surface area contributed by atoms with Crippen LogP contribution in [0.1, 0.15) is 13.3 Å². The minimum Gasteiger partial charge on any atom is -0.481 e. The Hall–Kier alpha value is -1.95. The lowest BCUT2D eigenvalue weighted by Gasteiger charge is -2.34. The van der Waals surface area contributed by atoms with Gasteiger partial charge in [0.1, 0.15) is 0 Å². The van der Waals surface area contributed by atoms with E-state index >= 15 is 0 Å². The molecule has 6 heteroatoms. The standard InChI is InChI=1S/C17H18BrN3O2/c1-11-10-21(9-7-14(11)16(22)23)17-19-8-6-15(20-17)12-2-4-13(18)5-3-12/h2-6,8,11,14H,7,9-10H2,1H3,(H,22,23). The number of carboxylic acids is 1. The number of aliphatic carboxylic acids is 1. The lowest BCUT2D eigenvalue weighted by atomic mass is 9.87. The summed E-state index contributed by atoms with van der Waals surface area (Å²) >= 11 is 3.43. The van der Waals surface area contributed by atoms with Crippen molar-refractivity contribution >= 4 is 27.8 Å². The molecular weight excluding hydrogens is 358 g/mol. The zero-order chi connectivity index (χ0) is 16.4. The number of aromatic nitrogens is 2. The zero-order valence-corrected chi connectivity index (χ0v) is 14.4. The first-order valence-corrected chi connectivity index (χ1v) is 8.40. The minimum absolute atomic E-state index is 0.0844. The molecule has 0 spiro atoms. The fourth-order valence-electron chi connectivity index (χ4n) is 2.98. The van der Waals surface area contributed by atoms with E-state index in [0.29, 0.717) is 25.5 Å². The number of benzene rings is 1. The van der Waals surface area contributed by atoms with Gasteiger partial charge in [-0.25, -0.2) is 9.97 Å². The van der Waals surface area contributed by atoms with Crippen molar-refractivity contribution < 1.29 is 9.90 Å². The van der Waals surface area contributed by atoms with Crippen LogP contribution in [0, 0.1) is 11.8 Å². The van der Waals surface area contributed by atoms with Gasteiger partial charge in [0.15, 0.2) is 0 Å². The van der Waals surface area contributed by atoms with Crippen LogP contribution >= 0.6 is 15.9 Å². The van der Waals surface area contributed by atoms with Crippen molar-refractivity contribution in [2.24, 2.45) is 11.8 Å². The Morgan fingerprint density at radius 3 is 2.70 bits per heavy atom. The maximum absolute atomic E-state index is 11.2. The van der Waals surface area contributed by atoms with Crippen LogP contribution in [0.25, 0.3) is 11.3 Å². The van der Waals surface area contributed by atoms with Crippen molar-refractivity contribution in [1.82, 2.24) is 9.97 Å². The molecule has 0 aliphatic carbocycles. The molecule has 2 aromatic rings. The van der Waals surface area contributed by atoms with E-state index in [4.69, 9.17) is 0 Å². The van der Waals surface area contributed by atoms with Gasteiger partial charge in [0, 0.05) is 29.3 Å². The number of carboxylic acid groups (broad SMARTS) is 1. The largest absolute Gasteiger partial charge is 0.481 e. The molecule has 1 saturated heterocycles. The molecule has 0 saturated carbocycles. The number of anilines is 1. The first kappa shape index (κ1) is 15.9. The van der Waals surface area contributed by atoms with Crippen LogP contribution in [-0.2, 0) is 4.79 Å². The summed E-state index contributed by atoms with van der Waals surface area (Å²) in [5.74, 6) is -0.232. The zero-order valence-electron chi connectivity index (χ0n) is 12.8. The summed E-state index contributed by atoms with van der Waals surface area (Å²) in [7, 11) is 0. The van der Waals surface area contributed by atoms with Gasteiger partial charge < -0.3 is 10.0 Å². The number of carbonyl (C=O) groups is 1. The normalized spacial score (nSPS) is 21.2. The molecule has 1 aromatic carbocycles. The highest BCUT2D eigenvalue weighted by molar-refractivity contribution is 9.10. The molecule has 2 unspecified atom stereocenters. The topological polar surface area (TPSA) is 66.3 Å². The van der Waals surface area contributed by atoms with E-state index < -0.39 is 5.97 Å². The van der Waals surface area contributed by atoms with Crippen LogP contribution in [0.2, 0.25) is 0 Å². The Morgan fingerprint density at radius 2 is 2.04 bits per heavy atom. The molecule has 5 nitrogen and oxygen atoms in total. The Kier molecular flexibility index (Phi) is 4.61. The molecule has 1 aromatic heterocycles. The average Bonchev–Trinajstić information content (AvgIpc) is 2.55. The smallest absolute Gasteiger partial charge is 0.306 e. The van der Waals surface area contributed by atoms with Crippen molar-refractivity contribution in [3.8, 4) is 11.3 Å². The summed E-state index contributed by atoms with van der Waals surface area (Å²) in [6.45, 7) is 3.31. The number of hydrogen-bond donors (Lipinski definition) is 1. The van der Waals surface area contributed by atoms with E-state index in [2.05, 4.69) is 30.8 Å². The van der Waals surface area contributed by atoms with E-state index in [1.807, 2.05) is 37.3 Å². The van der Waals surface area contributed by atoms with Crippen molar-refractivity contribution in [2.75, 3.05) is 18.0 Å². The third-order valence-corrected chi connectivity index (χ3v) is 4.82. The molecule has 1 N–H and O–H groups in total. The van der Waals surface area contributed by atoms with E-state index in [-0.39, 0.29) is 11.8 Å². The highest BCUT2D eigenvalue weighted by Crippen LogP contribution is 2.27. The van der Waals surface area contributed by atoms with Gasteiger partial charge >= 0.3 is 5.97 Å².